The first-order valence-electron chi connectivity index (χ1n) is 8.02. The minimum Gasteiger partial charge on any atom is -0.287 e. The van der Waals surface area contributed by atoms with E-state index in [9.17, 15) is 4.57 Å². The van der Waals surface area contributed by atoms with Crippen LogP contribution < -0.4 is 0 Å². The van der Waals surface area contributed by atoms with Crippen LogP contribution in [0.4, 0.5) is 0 Å². The Bertz CT molecular complexity index is 660. The van der Waals surface area contributed by atoms with Gasteiger partial charge in [-0.05, 0) is 25.0 Å². The van der Waals surface area contributed by atoms with E-state index < -0.39 is 13.9 Å². The molecule has 2 rings (SSSR count). The van der Waals surface area contributed by atoms with Gasteiger partial charge in [-0.3, -0.25) is 13.6 Å². The maximum Gasteiger partial charge on any atom is 0.475 e. The van der Waals surface area contributed by atoms with Crippen molar-refractivity contribution < 1.29 is 18.1 Å². The molecule has 24 heavy (non-hydrogen) atoms. The molecule has 0 heterocycles. The number of hydrogen-bond donors (Lipinski definition) is 0. The third-order valence-electron chi connectivity index (χ3n) is 3.21. The summed E-state index contributed by atoms with van der Waals surface area (Å²) >= 11 is 0. The van der Waals surface area contributed by atoms with Crippen molar-refractivity contribution in [1.29, 1.82) is 0 Å². The largest absolute Gasteiger partial charge is 0.475 e. The van der Waals surface area contributed by atoms with Crippen LogP contribution in [0.25, 0.3) is 6.08 Å². The fourth-order valence-corrected chi connectivity index (χ4v) is 3.46. The summed E-state index contributed by atoms with van der Waals surface area (Å²) in [5, 5.41) is 0. The van der Waals surface area contributed by atoms with E-state index in [0.717, 1.165) is 11.1 Å². The molecule has 0 aliphatic rings. The zero-order valence-electron chi connectivity index (χ0n) is 14.0. The fraction of sp³-hybridized carbons (Fsp3) is 0.263. The molecule has 0 amide bonds. The quantitative estimate of drug-likeness (QED) is 0.551. The monoisotopic (exact) mass is 346 g/mol. The van der Waals surface area contributed by atoms with E-state index in [4.69, 9.17) is 13.6 Å². The van der Waals surface area contributed by atoms with Gasteiger partial charge in [-0.1, -0.05) is 72.8 Å². The summed E-state index contributed by atoms with van der Waals surface area (Å²) in [6.45, 7) is 4.01. The van der Waals surface area contributed by atoms with Crippen LogP contribution in [0.15, 0.2) is 66.7 Å². The predicted molar refractivity (Wildman–Crippen MR) is 96.6 cm³/mol. The lowest BCUT2D eigenvalue weighted by Gasteiger charge is -2.21. The zero-order valence-corrected chi connectivity index (χ0v) is 14.9. The highest BCUT2D eigenvalue weighted by Gasteiger charge is 2.29. The van der Waals surface area contributed by atoms with Crippen molar-refractivity contribution in [1.82, 2.24) is 0 Å². The lowest BCUT2D eigenvalue weighted by atomic mass is 10.1. The minimum absolute atomic E-state index is 0.251. The molecule has 0 bridgehead atoms. The summed E-state index contributed by atoms with van der Waals surface area (Å²) in [6, 6.07) is 19.4. The van der Waals surface area contributed by atoms with E-state index in [2.05, 4.69) is 0 Å². The fourth-order valence-electron chi connectivity index (χ4n) is 2.17. The van der Waals surface area contributed by atoms with Crippen LogP contribution in [0.1, 0.15) is 31.1 Å². The molecule has 0 fully saturated rings. The van der Waals surface area contributed by atoms with E-state index in [-0.39, 0.29) is 13.2 Å². The molecule has 0 N–H and O–H groups in total. The predicted octanol–water partition coefficient (Wildman–Crippen LogP) is 5.64. The first kappa shape index (κ1) is 18.6. The highest BCUT2D eigenvalue weighted by Crippen LogP contribution is 2.53. The Morgan fingerprint density at radius 3 is 2.00 bits per heavy atom. The Balaban J connectivity index is 2.26. The summed E-state index contributed by atoms with van der Waals surface area (Å²) in [4.78, 5) is 0. The van der Waals surface area contributed by atoms with Crippen molar-refractivity contribution in [3.63, 3.8) is 0 Å². The molecule has 2 aromatic carbocycles. The Morgan fingerprint density at radius 2 is 1.46 bits per heavy atom. The van der Waals surface area contributed by atoms with Gasteiger partial charge in [0.1, 0.15) is 6.10 Å². The second-order valence-electron chi connectivity index (χ2n) is 4.99. The van der Waals surface area contributed by atoms with Gasteiger partial charge >= 0.3 is 7.82 Å². The van der Waals surface area contributed by atoms with Gasteiger partial charge in [-0.15, -0.1) is 0 Å². The minimum atomic E-state index is -3.61. The number of phosphoric acid groups is 1. The van der Waals surface area contributed by atoms with Gasteiger partial charge in [0.2, 0.25) is 0 Å². The molecule has 0 saturated carbocycles. The van der Waals surface area contributed by atoms with Crippen molar-refractivity contribution in [2.45, 2.75) is 20.0 Å². The highest BCUT2D eigenvalue weighted by atomic mass is 31.2. The molecule has 0 saturated heterocycles. The Hall–Kier alpha value is -1.71. The lowest BCUT2D eigenvalue weighted by Crippen LogP contribution is -2.05. The van der Waals surface area contributed by atoms with Crippen molar-refractivity contribution >= 4 is 13.9 Å². The SMILES string of the molecule is CCOP(=O)(OCC)OC(C=Cc1ccccc1)c1ccccc1. The first-order chi connectivity index (χ1) is 11.7. The van der Waals surface area contributed by atoms with Crippen LogP contribution in [0.3, 0.4) is 0 Å². The molecule has 1 atom stereocenters. The summed E-state index contributed by atoms with van der Waals surface area (Å²) < 4.78 is 29.0. The molecular formula is C19H23O4P. The van der Waals surface area contributed by atoms with Crippen LogP contribution in [0.5, 0.6) is 0 Å². The normalized spacial score (nSPS) is 13.2. The standard InChI is InChI=1S/C19H23O4P/c1-3-21-24(20,22-4-2)23-19(18-13-9-6-10-14-18)16-15-17-11-7-5-8-12-17/h5-16,19H,3-4H2,1-2H3. The number of phosphoric ester groups is 1. The van der Waals surface area contributed by atoms with Crippen molar-refractivity contribution in [2.24, 2.45) is 0 Å². The Morgan fingerprint density at radius 1 is 0.917 bits per heavy atom. The molecule has 5 heteroatoms. The molecule has 0 aliphatic carbocycles. The maximum atomic E-state index is 12.7. The average molecular weight is 346 g/mol. The van der Waals surface area contributed by atoms with Crippen LogP contribution in [0.2, 0.25) is 0 Å². The molecule has 2 aromatic rings. The highest BCUT2D eigenvalue weighted by molar-refractivity contribution is 7.48. The van der Waals surface area contributed by atoms with Crippen LogP contribution in [-0.2, 0) is 18.1 Å². The zero-order chi connectivity index (χ0) is 17.3. The van der Waals surface area contributed by atoms with Gasteiger partial charge in [-0.2, -0.15) is 0 Å². The van der Waals surface area contributed by atoms with Gasteiger partial charge in [0.25, 0.3) is 0 Å². The molecule has 0 radical (unpaired) electrons. The average Bonchev–Trinajstić information content (AvgIpc) is 2.61. The number of benzene rings is 2. The van der Waals surface area contributed by atoms with Crippen LogP contribution in [0, 0.1) is 0 Å². The molecule has 0 aliphatic heterocycles. The first-order valence-corrected chi connectivity index (χ1v) is 9.48. The van der Waals surface area contributed by atoms with E-state index in [1.165, 1.54) is 0 Å². The molecule has 0 aromatic heterocycles. The second-order valence-corrected chi connectivity index (χ2v) is 6.61. The molecular weight excluding hydrogens is 323 g/mol. The van der Waals surface area contributed by atoms with E-state index in [0.29, 0.717) is 0 Å². The van der Waals surface area contributed by atoms with Gasteiger partial charge in [0.05, 0.1) is 13.2 Å². The number of hydrogen-bond acceptors (Lipinski definition) is 4. The topological polar surface area (TPSA) is 44.8 Å². The second kappa shape index (κ2) is 9.55. The molecule has 0 spiro atoms. The van der Waals surface area contributed by atoms with Crippen molar-refractivity contribution in [3.05, 3.63) is 77.9 Å². The Kier molecular flexibility index (Phi) is 7.41. The molecule has 128 valence electrons. The molecule has 1 unspecified atom stereocenters. The smallest absolute Gasteiger partial charge is 0.287 e. The lowest BCUT2D eigenvalue weighted by molar-refractivity contribution is 0.101. The van der Waals surface area contributed by atoms with E-state index in [1.807, 2.05) is 72.8 Å². The van der Waals surface area contributed by atoms with Gasteiger partial charge in [-0.25, -0.2) is 4.57 Å². The summed E-state index contributed by atoms with van der Waals surface area (Å²) in [6.07, 6.45) is 3.25. The van der Waals surface area contributed by atoms with Crippen molar-refractivity contribution in [2.75, 3.05) is 13.2 Å². The maximum absolute atomic E-state index is 12.7. The number of rotatable bonds is 9. The van der Waals surface area contributed by atoms with Gasteiger partial charge in [0.15, 0.2) is 0 Å². The van der Waals surface area contributed by atoms with Crippen molar-refractivity contribution in [3.8, 4) is 0 Å². The molecule has 4 nitrogen and oxygen atoms in total. The summed E-state index contributed by atoms with van der Waals surface area (Å²) in [5.41, 5.74) is 1.91. The summed E-state index contributed by atoms with van der Waals surface area (Å²) in [5.74, 6) is 0. The van der Waals surface area contributed by atoms with Crippen LogP contribution in [-0.4, -0.2) is 13.2 Å². The summed E-state index contributed by atoms with van der Waals surface area (Å²) in [7, 11) is -3.61. The van der Waals surface area contributed by atoms with E-state index in [1.54, 1.807) is 13.8 Å². The van der Waals surface area contributed by atoms with Gasteiger partial charge in [0, 0.05) is 0 Å². The Labute approximate surface area is 143 Å². The third-order valence-corrected chi connectivity index (χ3v) is 4.84. The van der Waals surface area contributed by atoms with Gasteiger partial charge < -0.3 is 0 Å². The van der Waals surface area contributed by atoms with Crippen LogP contribution >= 0.6 is 7.82 Å². The van der Waals surface area contributed by atoms with E-state index >= 15 is 0 Å². The third kappa shape index (κ3) is 5.73.